The number of amides is 4. The Labute approximate surface area is 207 Å². The summed E-state index contributed by atoms with van der Waals surface area (Å²) < 4.78 is 5.29. The van der Waals surface area contributed by atoms with Crippen molar-refractivity contribution in [3.8, 4) is 5.75 Å². The van der Waals surface area contributed by atoms with E-state index in [0.717, 1.165) is 0 Å². The number of carbonyl (C=O) groups is 4. The second-order valence-electron chi connectivity index (χ2n) is 10.5. The van der Waals surface area contributed by atoms with Crippen molar-refractivity contribution in [2.45, 2.75) is 91.0 Å². The molecule has 10 heteroatoms. The third-order valence-corrected chi connectivity index (χ3v) is 4.66. The summed E-state index contributed by atoms with van der Waals surface area (Å²) in [5.41, 5.74) is 4.30. The molecule has 1 aromatic rings. The van der Waals surface area contributed by atoms with Crippen LogP contribution in [-0.4, -0.2) is 57.5 Å². The first kappa shape index (κ1) is 29.7. The summed E-state index contributed by atoms with van der Waals surface area (Å²) in [5.74, 6) is -1.71. The fourth-order valence-corrected chi connectivity index (χ4v) is 3.41. The van der Waals surface area contributed by atoms with Gasteiger partial charge in [0.25, 0.3) is 0 Å². The van der Waals surface area contributed by atoms with Crippen LogP contribution in [0.4, 0.5) is 4.79 Å². The highest BCUT2D eigenvalue weighted by Crippen LogP contribution is 2.27. The first-order chi connectivity index (χ1) is 16.0. The topological polar surface area (TPSA) is 151 Å². The van der Waals surface area contributed by atoms with Gasteiger partial charge in [0.05, 0.1) is 0 Å². The molecular weight excluding hydrogens is 452 g/mol. The number of carbonyl (C=O) groups excluding carboxylic acids is 4. The van der Waals surface area contributed by atoms with E-state index in [-0.39, 0.29) is 25.1 Å². The van der Waals surface area contributed by atoms with Gasteiger partial charge in [-0.3, -0.25) is 14.4 Å². The van der Waals surface area contributed by atoms with Crippen molar-refractivity contribution in [2.75, 3.05) is 6.54 Å². The molecule has 5 N–H and O–H groups in total. The Morgan fingerprint density at radius 3 is 2.23 bits per heavy atom. The fraction of sp³-hybridized carbons (Fsp3) is 0.600. The van der Waals surface area contributed by atoms with Gasteiger partial charge in [0, 0.05) is 18.5 Å². The molecule has 196 valence electrons. The quantitative estimate of drug-likeness (QED) is 0.394. The molecule has 1 rings (SSSR count). The van der Waals surface area contributed by atoms with Crippen LogP contribution in [0.1, 0.15) is 79.3 Å². The maximum atomic E-state index is 13.8. The fourth-order valence-electron chi connectivity index (χ4n) is 3.41. The van der Waals surface area contributed by atoms with E-state index in [1.54, 1.807) is 32.9 Å². The van der Waals surface area contributed by atoms with Crippen molar-refractivity contribution >= 4 is 23.8 Å². The van der Waals surface area contributed by atoms with Crippen LogP contribution in [0, 0.1) is 0 Å². The summed E-state index contributed by atoms with van der Waals surface area (Å²) in [6.07, 6.45) is -0.540. The highest BCUT2D eigenvalue weighted by Gasteiger charge is 2.37. The highest BCUT2D eigenvalue weighted by atomic mass is 16.6. The minimum Gasteiger partial charge on any atom is -0.508 e. The number of ether oxygens (including phenoxy) is 1. The van der Waals surface area contributed by atoms with Crippen LogP contribution in [-0.2, 0) is 19.1 Å². The van der Waals surface area contributed by atoms with Crippen molar-refractivity contribution in [2.24, 2.45) is 5.73 Å². The molecule has 0 radical (unpaired) electrons. The zero-order valence-corrected chi connectivity index (χ0v) is 21.8. The van der Waals surface area contributed by atoms with Crippen LogP contribution in [0.5, 0.6) is 5.75 Å². The molecule has 0 aliphatic rings. The standard InChI is InChI=1S/C25H40N4O6/c1-8-14-29(20(21(32)28-24(2,3)4)16-10-9-11-17(30)15-16)22(33)18(12-13-19(26)31)27-23(34)35-25(5,6)7/h9-11,15,18,20,30H,8,12-14H2,1-7H3,(H2,26,31)(H,27,34)(H,28,32). The van der Waals surface area contributed by atoms with Gasteiger partial charge in [0.15, 0.2) is 0 Å². The van der Waals surface area contributed by atoms with Gasteiger partial charge in [-0.1, -0.05) is 19.1 Å². The Morgan fingerprint density at radius 2 is 1.74 bits per heavy atom. The zero-order valence-electron chi connectivity index (χ0n) is 21.8. The van der Waals surface area contributed by atoms with Gasteiger partial charge in [-0.2, -0.15) is 0 Å². The van der Waals surface area contributed by atoms with E-state index in [1.807, 2.05) is 27.7 Å². The lowest BCUT2D eigenvalue weighted by Gasteiger charge is -2.36. The second kappa shape index (κ2) is 12.4. The molecule has 0 heterocycles. The van der Waals surface area contributed by atoms with Crippen molar-refractivity contribution in [3.05, 3.63) is 29.8 Å². The number of hydrogen-bond acceptors (Lipinski definition) is 6. The van der Waals surface area contributed by atoms with E-state index in [9.17, 15) is 24.3 Å². The van der Waals surface area contributed by atoms with Gasteiger partial charge in [0.1, 0.15) is 23.4 Å². The van der Waals surface area contributed by atoms with Gasteiger partial charge in [0.2, 0.25) is 17.7 Å². The van der Waals surface area contributed by atoms with Gasteiger partial charge in [-0.15, -0.1) is 0 Å². The van der Waals surface area contributed by atoms with Crippen LogP contribution >= 0.6 is 0 Å². The lowest BCUT2D eigenvalue weighted by Crippen LogP contribution is -2.55. The lowest BCUT2D eigenvalue weighted by molar-refractivity contribution is -0.143. The van der Waals surface area contributed by atoms with E-state index in [0.29, 0.717) is 12.0 Å². The maximum Gasteiger partial charge on any atom is 0.408 e. The molecule has 0 spiro atoms. The molecule has 0 aromatic heterocycles. The first-order valence-electron chi connectivity index (χ1n) is 11.7. The number of benzene rings is 1. The van der Waals surface area contributed by atoms with E-state index in [2.05, 4.69) is 10.6 Å². The molecule has 0 bridgehead atoms. The number of phenolic OH excluding ortho intramolecular Hbond substituents is 1. The van der Waals surface area contributed by atoms with Crippen LogP contribution in [0.2, 0.25) is 0 Å². The van der Waals surface area contributed by atoms with Crippen molar-refractivity contribution in [1.29, 1.82) is 0 Å². The van der Waals surface area contributed by atoms with E-state index in [1.165, 1.54) is 17.0 Å². The summed E-state index contributed by atoms with van der Waals surface area (Å²) >= 11 is 0. The van der Waals surface area contributed by atoms with Crippen LogP contribution < -0.4 is 16.4 Å². The minimum atomic E-state index is -1.16. The molecule has 0 aliphatic carbocycles. The molecular formula is C25H40N4O6. The number of aromatic hydroxyl groups is 1. The Balaban J connectivity index is 3.46. The summed E-state index contributed by atoms with van der Waals surface area (Å²) in [6.45, 7) is 12.5. The number of hydrogen-bond donors (Lipinski definition) is 4. The molecule has 0 fully saturated rings. The van der Waals surface area contributed by atoms with Crippen molar-refractivity contribution in [3.63, 3.8) is 0 Å². The summed E-state index contributed by atoms with van der Waals surface area (Å²) in [4.78, 5) is 52.5. The number of phenols is 1. The smallest absolute Gasteiger partial charge is 0.408 e. The van der Waals surface area contributed by atoms with E-state index >= 15 is 0 Å². The molecule has 2 atom stereocenters. The van der Waals surface area contributed by atoms with Gasteiger partial charge >= 0.3 is 6.09 Å². The number of rotatable bonds is 10. The molecule has 10 nitrogen and oxygen atoms in total. The average Bonchev–Trinajstić information content (AvgIpc) is 2.67. The monoisotopic (exact) mass is 492 g/mol. The Bertz CT molecular complexity index is 904. The molecule has 1 aromatic carbocycles. The lowest BCUT2D eigenvalue weighted by atomic mass is 9.99. The van der Waals surface area contributed by atoms with Crippen molar-refractivity contribution < 1.29 is 29.0 Å². The van der Waals surface area contributed by atoms with Gasteiger partial charge in [-0.25, -0.2) is 4.79 Å². The molecule has 4 amide bonds. The number of alkyl carbamates (subject to hydrolysis) is 1. The predicted molar refractivity (Wildman–Crippen MR) is 132 cm³/mol. The van der Waals surface area contributed by atoms with Crippen LogP contribution in [0.3, 0.4) is 0 Å². The maximum absolute atomic E-state index is 13.8. The largest absolute Gasteiger partial charge is 0.508 e. The van der Waals surface area contributed by atoms with Gasteiger partial charge < -0.3 is 31.1 Å². The van der Waals surface area contributed by atoms with E-state index in [4.69, 9.17) is 10.5 Å². The first-order valence-corrected chi connectivity index (χ1v) is 11.7. The third kappa shape index (κ3) is 10.7. The number of nitrogens with zero attached hydrogens (tertiary/aromatic N) is 1. The second-order valence-corrected chi connectivity index (χ2v) is 10.5. The summed E-state index contributed by atoms with van der Waals surface area (Å²) in [5, 5.41) is 15.5. The molecule has 0 saturated heterocycles. The zero-order chi connectivity index (χ0) is 27.0. The van der Waals surface area contributed by atoms with E-state index < -0.39 is 47.0 Å². The highest BCUT2D eigenvalue weighted by molar-refractivity contribution is 5.92. The summed E-state index contributed by atoms with van der Waals surface area (Å²) in [6, 6.07) is 3.86. The Hall–Kier alpha value is -3.30. The van der Waals surface area contributed by atoms with Crippen LogP contribution in [0.15, 0.2) is 24.3 Å². The van der Waals surface area contributed by atoms with Gasteiger partial charge in [-0.05, 0) is 72.1 Å². The number of nitrogens with two attached hydrogens (primary N) is 1. The number of primary amides is 1. The number of nitrogens with one attached hydrogen (secondary N) is 2. The Morgan fingerprint density at radius 1 is 1.11 bits per heavy atom. The summed E-state index contributed by atoms with van der Waals surface area (Å²) in [7, 11) is 0. The SMILES string of the molecule is CCCN(C(=O)C(CCC(N)=O)NC(=O)OC(C)(C)C)C(C(=O)NC(C)(C)C)c1cccc(O)c1. The third-order valence-electron chi connectivity index (χ3n) is 4.66. The normalized spacial score (nSPS) is 13.3. The Kier molecular flexibility index (Phi) is 10.5. The average molecular weight is 493 g/mol. The molecule has 35 heavy (non-hydrogen) atoms. The molecule has 2 unspecified atom stereocenters. The van der Waals surface area contributed by atoms with Crippen LogP contribution in [0.25, 0.3) is 0 Å². The predicted octanol–water partition coefficient (Wildman–Crippen LogP) is 2.75. The minimum absolute atomic E-state index is 0.0582. The molecule has 0 saturated carbocycles. The van der Waals surface area contributed by atoms with Crippen molar-refractivity contribution in [1.82, 2.24) is 15.5 Å². The molecule has 0 aliphatic heterocycles.